The van der Waals surface area contributed by atoms with Crippen molar-refractivity contribution >= 4 is 34.8 Å². The molecule has 1 aromatic carbocycles. The maximum absolute atomic E-state index is 5.93. The fourth-order valence-corrected chi connectivity index (χ4v) is 2.01. The molecule has 0 N–H and O–H groups in total. The minimum Gasteiger partial charge on any atom is -0.120 e. The predicted octanol–water partition coefficient (Wildman–Crippen LogP) is 4.21. The lowest BCUT2D eigenvalue weighted by molar-refractivity contribution is 1.03. The minimum absolute atomic E-state index is 0.541. The summed E-state index contributed by atoms with van der Waals surface area (Å²) in [5.41, 5.74) is 0.866. The topological polar surface area (TPSA) is 0 Å². The summed E-state index contributed by atoms with van der Waals surface area (Å²) in [7, 11) is 0. The van der Waals surface area contributed by atoms with Crippen LogP contribution in [0.5, 0.6) is 0 Å². The molecule has 0 nitrogen and oxygen atoms in total. The lowest BCUT2D eigenvalue weighted by Crippen LogP contribution is -1.87. The highest BCUT2D eigenvalue weighted by molar-refractivity contribution is 6.39. The molecule has 0 unspecified atom stereocenters. The quantitative estimate of drug-likeness (QED) is 0.671. The molecule has 0 saturated carbocycles. The molecule has 0 heterocycles. The first-order valence-electron chi connectivity index (χ1n) is 3.72. The van der Waals surface area contributed by atoms with Crippen LogP contribution >= 0.6 is 34.8 Å². The fourth-order valence-electron chi connectivity index (χ4n) is 1.01. The van der Waals surface area contributed by atoms with Crippen molar-refractivity contribution in [2.45, 2.75) is 12.8 Å². The van der Waals surface area contributed by atoms with Crippen molar-refractivity contribution in [3.8, 4) is 12.3 Å². The summed E-state index contributed by atoms with van der Waals surface area (Å²) in [6.45, 7) is 0. The zero-order valence-corrected chi connectivity index (χ0v) is 9.05. The van der Waals surface area contributed by atoms with Gasteiger partial charge in [0.15, 0.2) is 0 Å². The molecule has 0 saturated heterocycles. The Balaban J connectivity index is 3.00. The van der Waals surface area contributed by atoms with Crippen molar-refractivity contribution < 1.29 is 0 Å². The van der Waals surface area contributed by atoms with Gasteiger partial charge >= 0.3 is 0 Å². The maximum Gasteiger partial charge on any atom is 0.0468 e. The molecule has 3 heteroatoms. The summed E-state index contributed by atoms with van der Waals surface area (Å²) in [5.74, 6) is 2.53. The minimum atomic E-state index is 0.541. The number of terminal acetylenes is 1. The first-order chi connectivity index (χ1) is 6.15. The zero-order chi connectivity index (χ0) is 9.84. The summed E-state index contributed by atoms with van der Waals surface area (Å²) >= 11 is 17.6. The lowest BCUT2D eigenvalue weighted by Gasteiger charge is -2.05. The Hall–Kier alpha value is -0.350. The van der Waals surface area contributed by atoms with Crippen LogP contribution in [-0.4, -0.2) is 0 Å². The highest BCUT2D eigenvalue weighted by atomic mass is 35.5. The second-order valence-electron chi connectivity index (χ2n) is 2.55. The average molecular weight is 234 g/mol. The van der Waals surface area contributed by atoms with Gasteiger partial charge in [-0.1, -0.05) is 34.8 Å². The summed E-state index contributed by atoms with van der Waals surface area (Å²) in [5, 5.41) is 1.69. The Morgan fingerprint density at radius 2 is 1.69 bits per heavy atom. The molecule has 0 fully saturated rings. The largest absolute Gasteiger partial charge is 0.120 e. The highest BCUT2D eigenvalue weighted by Crippen LogP contribution is 2.29. The molecule has 1 rings (SSSR count). The zero-order valence-electron chi connectivity index (χ0n) is 6.78. The number of hydrogen-bond acceptors (Lipinski definition) is 0. The molecule has 0 amide bonds. The average Bonchev–Trinajstić information content (AvgIpc) is 2.02. The van der Waals surface area contributed by atoms with E-state index in [0.717, 1.165) is 5.56 Å². The number of rotatable bonds is 2. The first-order valence-corrected chi connectivity index (χ1v) is 4.85. The van der Waals surface area contributed by atoms with Crippen molar-refractivity contribution in [3.05, 3.63) is 32.8 Å². The van der Waals surface area contributed by atoms with Crippen LogP contribution in [0.4, 0.5) is 0 Å². The smallest absolute Gasteiger partial charge is 0.0468 e. The van der Waals surface area contributed by atoms with E-state index in [2.05, 4.69) is 5.92 Å². The van der Waals surface area contributed by atoms with E-state index in [1.807, 2.05) is 0 Å². The van der Waals surface area contributed by atoms with Crippen molar-refractivity contribution in [1.29, 1.82) is 0 Å². The van der Waals surface area contributed by atoms with Gasteiger partial charge in [-0.2, -0.15) is 0 Å². The van der Waals surface area contributed by atoms with Gasteiger partial charge in [0.05, 0.1) is 0 Å². The van der Waals surface area contributed by atoms with Crippen LogP contribution in [0, 0.1) is 12.3 Å². The third kappa shape index (κ3) is 2.81. The van der Waals surface area contributed by atoms with Crippen LogP contribution in [0.2, 0.25) is 15.1 Å². The first kappa shape index (κ1) is 10.7. The van der Waals surface area contributed by atoms with Gasteiger partial charge in [-0.05, 0) is 24.1 Å². The molecule has 68 valence electrons. The monoisotopic (exact) mass is 232 g/mol. The van der Waals surface area contributed by atoms with Gasteiger partial charge in [-0.15, -0.1) is 12.3 Å². The van der Waals surface area contributed by atoms with E-state index in [4.69, 9.17) is 41.2 Å². The SMILES string of the molecule is C#CCCc1c(Cl)cc(Cl)cc1Cl. The van der Waals surface area contributed by atoms with Gasteiger partial charge in [0.25, 0.3) is 0 Å². The van der Waals surface area contributed by atoms with Crippen LogP contribution in [0.15, 0.2) is 12.1 Å². The van der Waals surface area contributed by atoms with Crippen LogP contribution in [0.1, 0.15) is 12.0 Å². The molecule has 0 aliphatic rings. The molecule has 0 aliphatic heterocycles. The van der Waals surface area contributed by atoms with E-state index < -0.39 is 0 Å². The molecular weight excluding hydrogens is 226 g/mol. The van der Waals surface area contributed by atoms with E-state index in [9.17, 15) is 0 Å². The van der Waals surface area contributed by atoms with Crippen molar-refractivity contribution in [2.24, 2.45) is 0 Å². The number of benzene rings is 1. The van der Waals surface area contributed by atoms with Crippen LogP contribution in [0.25, 0.3) is 0 Å². The van der Waals surface area contributed by atoms with Gasteiger partial charge in [0.2, 0.25) is 0 Å². The summed E-state index contributed by atoms with van der Waals surface area (Å²) in [6.07, 6.45) is 6.46. The predicted molar refractivity (Wildman–Crippen MR) is 58.6 cm³/mol. The summed E-state index contributed by atoms with van der Waals surface area (Å²) in [4.78, 5) is 0. The Morgan fingerprint density at radius 1 is 1.15 bits per heavy atom. The van der Waals surface area contributed by atoms with Gasteiger partial charge in [0.1, 0.15) is 0 Å². The van der Waals surface area contributed by atoms with E-state index in [1.54, 1.807) is 12.1 Å². The van der Waals surface area contributed by atoms with E-state index >= 15 is 0 Å². The number of halogens is 3. The third-order valence-corrected chi connectivity index (χ3v) is 2.52. The second kappa shape index (κ2) is 4.77. The summed E-state index contributed by atoms with van der Waals surface area (Å²) < 4.78 is 0. The molecule has 0 aromatic heterocycles. The molecular formula is C10H7Cl3. The van der Waals surface area contributed by atoms with Crippen LogP contribution in [-0.2, 0) is 6.42 Å². The Morgan fingerprint density at radius 3 is 2.15 bits per heavy atom. The van der Waals surface area contributed by atoms with Crippen molar-refractivity contribution in [1.82, 2.24) is 0 Å². The fraction of sp³-hybridized carbons (Fsp3) is 0.200. The molecule has 0 spiro atoms. The molecule has 1 aromatic rings. The molecule has 0 radical (unpaired) electrons. The van der Waals surface area contributed by atoms with Gasteiger partial charge in [-0.3, -0.25) is 0 Å². The normalized spacial score (nSPS) is 9.69. The maximum atomic E-state index is 5.93. The van der Waals surface area contributed by atoms with E-state index in [0.29, 0.717) is 27.9 Å². The van der Waals surface area contributed by atoms with Gasteiger partial charge < -0.3 is 0 Å². The lowest BCUT2D eigenvalue weighted by atomic mass is 10.1. The highest BCUT2D eigenvalue weighted by Gasteiger charge is 2.06. The number of hydrogen-bond donors (Lipinski definition) is 0. The molecule has 0 aliphatic carbocycles. The molecule has 13 heavy (non-hydrogen) atoms. The Kier molecular flexibility index (Phi) is 3.93. The van der Waals surface area contributed by atoms with Gasteiger partial charge in [-0.25, -0.2) is 0 Å². The Bertz CT molecular complexity index is 327. The molecule has 0 atom stereocenters. The van der Waals surface area contributed by atoms with Crippen LogP contribution < -0.4 is 0 Å². The second-order valence-corrected chi connectivity index (χ2v) is 3.80. The third-order valence-electron chi connectivity index (χ3n) is 1.63. The van der Waals surface area contributed by atoms with Gasteiger partial charge in [0, 0.05) is 21.5 Å². The molecule has 0 bridgehead atoms. The summed E-state index contributed by atoms with van der Waals surface area (Å²) in [6, 6.07) is 3.34. The van der Waals surface area contributed by atoms with Crippen LogP contribution in [0.3, 0.4) is 0 Å². The van der Waals surface area contributed by atoms with Crippen molar-refractivity contribution in [2.75, 3.05) is 0 Å². The Labute approximate surface area is 92.8 Å². The standard InChI is InChI=1S/C10H7Cl3/c1-2-3-4-8-9(12)5-7(11)6-10(8)13/h1,5-6H,3-4H2. The van der Waals surface area contributed by atoms with E-state index in [1.165, 1.54) is 0 Å². The van der Waals surface area contributed by atoms with Crippen molar-refractivity contribution in [3.63, 3.8) is 0 Å². The van der Waals surface area contributed by atoms with E-state index in [-0.39, 0.29) is 0 Å².